The van der Waals surface area contributed by atoms with Gasteiger partial charge < -0.3 is 5.73 Å². The molecule has 0 radical (unpaired) electrons. The van der Waals surface area contributed by atoms with Crippen LogP contribution in [0.25, 0.3) is 0 Å². The number of imide groups is 2. The summed E-state index contributed by atoms with van der Waals surface area (Å²) in [6, 6.07) is -0.590. The van der Waals surface area contributed by atoms with Crippen LogP contribution >= 0.6 is 12.2 Å². The second-order valence-corrected chi connectivity index (χ2v) is 3.70. The average molecular weight is 229 g/mol. The van der Waals surface area contributed by atoms with Crippen molar-refractivity contribution in [3.8, 4) is 0 Å². The van der Waals surface area contributed by atoms with Gasteiger partial charge in [0.05, 0.1) is 4.99 Å². The summed E-state index contributed by atoms with van der Waals surface area (Å²) in [6.07, 6.45) is 0.929. The van der Waals surface area contributed by atoms with Gasteiger partial charge >= 0.3 is 17.8 Å². The molecule has 0 unspecified atom stereocenters. The van der Waals surface area contributed by atoms with E-state index in [0.29, 0.717) is 17.8 Å². The topological polar surface area (TPSA) is 83.7 Å². The first kappa shape index (κ1) is 11.6. The lowest BCUT2D eigenvalue weighted by Crippen LogP contribution is -2.32. The summed E-state index contributed by atoms with van der Waals surface area (Å²) >= 11 is 4.65. The molecule has 0 aromatic rings. The zero-order valence-corrected chi connectivity index (χ0v) is 9.04. The van der Waals surface area contributed by atoms with Crippen molar-refractivity contribution in [1.29, 1.82) is 0 Å². The van der Waals surface area contributed by atoms with E-state index in [1.807, 2.05) is 0 Å². The second kappa shape index (κ2) is 4.35. The molecule has 1 aliphatic rings. The van der Waals surface area contributed by atoms with Gasteiger partial charge in [-0.2, -0.15) is 0 Å². The Morgan fingerprint density at radius 1 is 1.33 bits per heavy atom. The van der Waals surface area contributed by atoms with E-state index in [4.69, 9.17) is 5.73 Å². The zero-order valence-electron chi connectivity index (χ0n) is 8.23. The van der Waals surface area contributed by atoms with Crippen LogP contribution in [-0.2, 0) is 9.59 Å². The molecule has 1 heterocycles. The highest BCUT2D eigenvalue weighted by Crippen LogP contribution is 2.10. The summed E-state index contributed by atoms with van der Waals surface area (Å²) in [6.45, 7) is 0.172. The fourth-order valence-corrected chi connectivity index (χ4v) is 1.37. The number of carbonyl (C=O) groups is 3. The molecule has 15 heavy (non-hydrogen) atoms. The standard InChI is InChI=1S/C8H11N3O3S/c1-10-6(12)7(13)11(8(10)14)4-2-3-5(9)15/h2-4H2,1H3,(H2,9,15). The van der Waals surface area contributed by atoms with Crippen LogP contribution < -0.4 is 5.73 Å². The van der Waals surface area contributed by atoms with Gasteiger partial charge in [-0.25, -0.2) is 4.79 Å². The Balaban J connectivity index is 2.56. The summed E-state index contributed by atoms with van der Waals surface area (Å²) < 4.78 is 0. The van der Waals surface area contributed by atoms with Gasteiger partial charge in [-0.15, -0.1) is 0 Å². The number of likely N-dealkylation sites (N-methyl/N-ethyl adjacent to an activating group) is 1. The van der Waals surface area contributed by atoms with Crippen LogP contribution in [0.15, 0.2) is 0 Å². The minimum Gasteiger partial charge on any atom is -0.393 e. The van der Waals surface area contributed by atoms with Gasteiger partial charge in [0.1, 0.15) is 0 Å². The van der Waals surface area contributed by atoms with Crippen LogP contribution in [0.5, 0.6) is 0 Å². The summed E-state index contributed by atoms with van der Waals surface area (Å²) in [4.78, 5) is 35.7. The van der Waals surface area contributed by atoms with Crippen LogP contribution in [0.3, 0.4) is 0 Å². The monoisotopic (exact) mass is 229 g/mol. The number of rotatable bonds is 4. The number of nitrogens with zero attached hydrogens (tertiary/aromatic N) is 2. The highest BCUT2D eigenvalue weighted by Gasteiger charge is 2.41. The fraction of sp³-hybridized carbons (Fsp3) is 0.500. The van der Waals surface area contributed by atoms with Crippen molar-refractivity contribution in [3.05, 3.63) is 0 Å². The van der Waals surface area contributed by atoms with Crippen LogP contribution in [0.4, 0.5) is 4.79 Å². The van der Waals surface area contributed by atoms with Gasteiger partial charge in [-0.05, 0) is 12.8 Å². The van der Waals surface area contributed by atoms with E-state index in [1.54, 1.807) is 0 Å². The molecule has 0 aliphatic carbocycles. The number of hydrogen-bond donors (Lipinski definition) is 1. The molecule has 0 saturated carbocycles. The van der Waals surface area contributed by atoms with Crippen molar-refractivity contribution in [3.63, 3.8) is 0 Å². The van der Waals surface area contributed by atoms with Gasteiger partial charge in [-0.3, -0.25) is 19.4 Å². The lowest BCUT2D eigenvalue weighted by molar-refractivity contribution is -0.142. The van der Waals surface area contributed by atoms with Gasteiger partial charge in [0.25, 0.3) is 0 Å². The van der Waals surface area contributed by atoms with E-state index in [1.165, 1.54) is 7.05 Å². The fourth-order valence-electron chi connectivity index (χ4n) is 1.22. The largest absolute Gasteiger partial charge is 0.393 e. The Bertz CT molecular complexity index is 342. The molecular formula is C8H11N3O3S. The number of carbonyl (C=O) groups excluding carboxylic acids is 3. The number of thiocarbonyl (C=S) groups is 1. The van der Waals surface area contributed by atoms with Crippen LogP contribution in [0.1, 0.15) is 12.8 Å². The first-order chi connectivity index (χ1) is 6.95. The molecular weight excluding hydrogens is 218 g/mol. The predicted octanol–water partition coefficient (Wildman–Crippen LogP) is -0.527. The maximum absolute atomic E-state index is 11.3. The molecule has 1 aliphatic heterocycles. The molecule has 0 spiro atoms. The van der Waals surface area contributed by atoms with E-state index in [2.05, 4.69) is 12.2 Å². The van der Waals surface area contributed by atoms with E-state index < -0.39 is 17.8 Å². The number of nitrogens with two attached hydrogens (primary N) is 1. The summed E-state index contributed by atoms with van der Waals surface area (Å²) in [5, 5.41) is 0. The summed E-state index contributed by atoms with van der Waals surface area (Å²) in [5.41, 5.74) is 5.27. The SMILES string of the molecule is CN1C(=O)C(=O)N(CCCC(N)=S)C1=O. The van der Waals surface area contributed by atoms with Crippen molar-refractivity contribution in [1.82, 2.24) is 9.80 Å². The van der Waals surface area contributed by atoms with Crippen LogP contribution in [-0.4, -0.2) is 46.2 Å². The highest BCUT2D eigenvalue weighted by atomic mass is 32.1. The Kier molecular flexibility index (Phi) is 3.35. The summed E-state index contributed by atoms with van der Waals surface area (Å²) in [7, 11) is 1.27. The second-order valence-electron chi connectivity index (χ2n) is 3.17. The molecule has 0 aromatic carbocycles. The molecule has 7 heteroatoms. The van der Waals surface area contributed by atoms with Crippen LogP contribution in [0, 0.1) is 0 Å². The molecule has 0 bridgehead atoms. The molecule has 1 fully saturated rings. The third-order valence-electron chi connectivity index (χ3n) is 2.06. The molecule has 82 valence electrons. The molecule has 4 amide bonds. The predicted molar refractivity (Wildman–Crippen MR) is 55.9 cm³/mol. The van der Waals surface area contributed by atoms with Gasteiger partial charge in [0.2, 0.25) is 0 Å². The van der Waals surface area contributed by atoms with E-state index >= 15 is 0 Å². The lowest BCUT2D eigenvalue weighted by atomic mass is 10.3. The third-order valence-corrected chi connectivity index (χ3v) is 2.26. The first-order valence-corrected chi connectivity index (χ1v) is 4.77. The molecule has 0 aromatic heterocycles. The molecule has 6 nitrogen and oxygen atoms in total. The number of amides is 4. The third kappa shape index (κ3) is 2.30. The highest BCUT2D eigenvalue weighted by molar-refractivity contribution is 7.80. The lowest BCUT2D eigenvalue weighted by Gasteiger charge is -2.11. The van der Waals surface area contributed by atoms with Crippen molar-refractivity contribution in [2.45, 2.75) is 12.8 Å². The smallest absolute Gasteiger partial charge is 0.333 e. The maximum atomic E-state index is 11.3. The number of urea groups is 1. The van der Waals surface area contributed by atoms with Crippen LogP contribution in [0.2, 0.25) is 0 Å². The van der Waals surface area contributed by atoms with Gasteiger partial charge in [0, 0.05) is 13.6 Å². The Hall–Kier alpha value is -1.50. The first-order valence-electron chi connectivity index (χ1n) is 4.37. The van der Waals surface area contributed by atoms with E-state index in [-0.39, 0.29) is 6.54 Å². The Morgan fingerprint density at radius 3 is 2.33 bits per heavy atom. The Labute approximate surface area is 92.0 Å². The van der Waals surface area contributed by atoms with Gasteiger partial charge in [0.15, 0.2) is 0 Å². The maximum Gasteiger partial charge on any atom is 0.333 e. The molecule has 2 N–H and O–H groups in total. The van der Waals surface area contributed by atoms with Crippen molar-refractivity contribution in [2.24, 2.45) is 5.73 Å². The Morgan fingerprint density at radius 2 is 1.93 bits per heavy atom. The molecule has 1 saturated heterocycles. The summed E-state index contributed by atoms with van der Waals surface area (Å²) in [5.74, 6) is -1.58. The van der Waals surface area contributed by atoms with Gasteiger partial charge in [-0.1, -0.05) is 12.2 Å². The van der Waals surface area contributed by atoms with Crippen molar-refractivity contribution >= 4 is 35.1 Å². The normalized spacial score (nSPS) is 16.5. The van der Waals surface area contributed by atoms with E-state index in [9.17, 15) is 14.4 Å². The van der Waals surface area contributed by atoms with Crippen molar-refractivity contribution in [2.75, 3.05) is 13.6 Å². The zero-order chi connectivity index (χ0) is 11.6. The minimum absolute atomic E-state index is 0.172. The van der Waals surface area contributed by atoms with E-state index in [0.717, 1.165) is 9.80 Å². The average Bonchev–Trinajstić information content (AvgIpc) is 2.34. The van der Waals surface area contributed by atoms with Crippen molar-refractivity contribution < 1.29 is 14.4 Å². The molecule has 1 rings (SSSR count). The molecule has 0 atom stereocenters. The number of hydrogen-bond acceptors (Lipinski definition) is 4. The minimum atomic E-state index is -0.796. The quantitative estimate of drug-likeness (QED) is 0.398.